The summed E-state index contributed by atoms with van der Waals surface area (Å²) in [6, 6.07) is 0. The van der Waals surface area contributed by atoms with Crippen LogP contribution in [0.15, 0.2) is 0 Å². The summed E-state index contributed by atoms with van der Waals surface area (Å²) in [7, 11) is 0. The fourth-order valence-corrected chi connectivity index (χ4v) is 1.86. The predicted molar refractivity (Wildman–Crippen MR) is 53.6 cm³/mol. The minimum absolute atomic E-state index is 0.297. The first-order valence-corrected chi connectivity index (χ1v) is 5.33. The smallest absolute Gasteiger partial charge is 0.255 e. The summed E-state index contributed by atoms with van der Waals surface area (Å²) in [6.45, 7) is 1.74. The van der Waals surface area contributed by atoms with Gasteiger partial charge in [0.25, 0.3) is 6.43 Å². The molecule has 0 N–H and O–H groups in total. The highest BCUT2D eigenvalue weighted by Crippen LogP contribution is 2.17. The molecular formula is C7H10ClF2N3S. The number of alkyl halides is 3. The minimum Gasteiger partial charge on any atom is -0.340 e. The van der Waals surface area contributed by atoms with Crippen LogP contribution in [-0.2, 0) is 0 Å². The van der Waals surface area contributed by atoms with Crippen molar-refractivity contribution in [3.05, 3.63) is 5.82 Å². The Balaban J connectivity index is 2.66. The van der Waals surface area contributed by atoms with Crippen LogP contribution >= 0.6 is 23.1 Å². The zero-order valence-electron chi connectivity index (χ0n) is 7.58. The average Bonchev–Trinajstić information content (AvgIpc) is 2.50. The van der Waals surface area contributed by atoms with Gasteiger partial charge in [0.1, 0.15) is 5.82 Å². The molecular weight excluding hydrogens is 232 g/mol. The van der Waals surface area contributed by atoms with E-state index in [1.165, 1.54) is 4.90 Å². The molecule has 1 aromatic heterocycles. The van der Waals surface area contributed by atoms with Gasteiger partial charge < -0.3 is 4.90 Å². The summed E-state index contributed by atoms with van der Waals surface area (Å²) in [5.41, 5.74) is 0. The van der Waals surface area contributed by atoms with E-state index in [9.17, 15) is 8.78 Å². The number of halogens is 3. The fraction of sp³-hybridized carbons (Fsp3) is 0.714. The van der Waals surface area contributed by atoms with Gasteiger partial charge in [0.2, 0.25) is 5.13 Å². The third-order valence-corrected chi connectivity index (χ3v) is 2.54. The Morgan fingerprint density at radius 2 is 2.29 bits per heavy atom. The molecule has 0 saturated heterocycles. The van der Waals surface area contributed by atoms with Gasteiger partial charge in [0.15, 0.2) is 0 Å². The van der Waals surface area contributed by atoms with E-state index in [0.29, 0.717) is 23.4 Å². The molecule has 3 nitrogen and oxygen atoms in total. The highest BCUT2D eigenvalue weighted by Gasteiger charge is 2.15. The first-order chi connectivity index (χ1) is 6.63. The van der Waals surface area contributed by atoms with Crippen LogP contribution in [0.5, 0.6) is 0 Å². The van der Waals surface area contributed by atoms with Crippen molar-refractivity contribution >= 4 is 28.3 Å². The van der Waals surface area contributed by atoms with Crippen LogP contribution in [0, 0.1) is 6.92 Å². The van der Waals surface area contributed by atoms with Gasteiger partial charge in [-0.05, 0) is 6.92 Å². The summed E-state index contributed by atoms with van der Waals surface area (Å²) in [4.78, 5) is 5.47. The molecule has 80 valence electrons. The molecule has 0 fully saturated rings. The van der Waals surface area contributed by atoms with Gasteiger partial charge in [-0.1, -0.05) is 0 Å². The van der Waals surface area contributed by atoms with E-state index in [0.717, 1.165) is 11.5 Å². The molecule has 0 bridgehead atoms. The Bertz CT molecular complexity index is 282. The lowest BCUT2D eigenvalue weighted by molar-refractivity contribution is 0.155. The molecule has 0 unspecified atom stereocenters. The number of aryl methyl sites for hydroxylation is 1. The van der Waals surface area contributed by atoms with E-state index in [4.69, 9.17) is 11.6 Å². The van der Waals surface area contributed by atoms with Crippen LogP contribution in [-0.4, -0.2) is 34.8 Å². The number of rotatable bonds is 5. The van der Waals surface area contributed by atoms with E-state index in [2.05, 4.69) is 9.36 Å². The van der Waals surface area contributed by atoms with Crippen molar-refractivity contribution in [3.8, 4) is 0 Å². The van der Waals surface area contributed by atoms with Gasteiger partial charge in [-0.2, -0.15) is 4.37 Å². The molecule has 1 heterocycles. The lowest BCUT2D eigenvalue weighted by atomic mass is 10.5. The molecule has 0 aliphatic carbocycles. The molecule has 1 rings (SSSR count). The second kappa shape index (κ2) is 5.41. The van der Waals surface area contributed by atoms with Crippen molar-refractivity contribution < 1.29 is 8.78 Å². The maximum Gasteiger partial charge on any atom is 0.255 e. The zero-order valence-corrected chi connectivity index (χ0v) is 9.15. The standard InChI is InChI=1S/C7H10ClF2N3S/c1-5-11-7(14-12-5)13(3-2-8)4-6(9)10/h6H,2-4H2,1H3. The molecule has 0 aliphatic rings. The normalized spacial score (nSPS) is 10.9. The molecule has 0 spiro atoms. The summed E-state index contributed by atoms with van der Waals surface area (Å²) in [5, 5.41) is 0.503. The Kier molecular flexibility index (Phi) is 4.47. The zero-order chi connectivity index (χ0) is 10.6. The Morgan fingerprint density at radius 3 is 2.71 bits per heavy atom. The van der Waals surface area contributed by atoms with Crippen molar-refractivity contribution in [2.24, 2.45) is 0 Å². The van der Waals surface area contributed by atoms with Crippen molar-refractivity contribution in [1.29, 1.82) is 0 Å². The molecule has 0 atom stereocenters. The molecule has 0 amide bonds. The maximum absolute atomic E-state index is 12.2. The predicted octanol–water partition coefficient (Wildman–Crippen LogP) is 2.16. The van der Waals surface area contributed by atoms with Crippen LogP contribution < -0.4 is 4.90 Å². The van der Waals surface area contributed by atoms with Gasteiger partial charge in [0, 0.05) is 24.0 Å². The van der Waals surface area contributed by atoms with Crippen molar-refractivity contribution in [3.63, 3.8) is 0 Å². The monoisotopic (exact) mass is 241 g/mol. The Hall–Kier alpha value is -0.490. The van der Waals surface area contributed by atoms with Gasteiger partial charge >= 0.3 is 0 Å². The van der Waals surface area contributed by atoms with E-state index >= 15 is 0 Å². The SMILES string of the molecule is Cc1nsc(N(CCCl)CC(F)F)n1. The van der Waals surface area contributed by atoms with Gasteiger partial charge in [-0.15, -0.1) is 11.6 Å². The van der Waals surface area contributed by atoms with Crippen LogP contribution in [0.1, 0.15) is 5.82 Å². The van der Waals surface area contributed by atoms with Crippen molar-refractivity contribution in [1.82, 2.24) is 9.36 Å². The molecule has 0 radical (unpaired) electrons. The molecule has 0 saturated carbocycles. The van der Waals surface area contributed by atoms with Gasteiger partial charge in [0.05, 0.1) is 6.54 Å². The Labute approximate surface area is 89.9 Å². The maximum atomic E-state index is 12.2. The quantitative estimate of drug-likeness (QED) is 0.740. The number of aromatic nitrogens is 2. The molecule has 7 heteroatoms. The van der Waals surface area contributed by atoms with Crippen LogP contribution in [0.2, 0.25) is 0 Å². The summed E-state index contributed by atoms with van der Waals surface area (Å²) in [5.74, 6) is 0.893. The topological polar surface area (TPSA) is 29.0 Å². The fourth-order valence-electron chi connectivity index (χ4n) is 0.948. The minimum atomic E-state index is -2.39. The molecule has 14 heavy (non-hydrogen) atoms. The molecule has 0 aliphatic heterocycles. The third kappa shape index (κ3) is 3.34. The first kappa shape index (κ1) is 11.6. The van der Waals surface area contributed by atoms with Gasteiger partial charge in [-0.25, -0.2) is 13.8 Å². The van der Waals surface area contributed by atoms with Crippen molar-refractivity contribution in [2.75, 3.05) is 23.9 Å². The molecule has 1 aromatic rings. The lowest BCUT2D eigenvalue weighted by Crippen LogP contribution is -2.30. The van der Waals surface area contributed by atoms with E-state index in [1.54, 1.807) is 6.92 Å². The van der Waals surface area contributed by atoms with Crippen molar-refractivity contribution in [2.45, 2.75) is 13.3 Å². The number of anilines is 1. The first-order valence-electron chi connectivity index (χ1n) is 4.03. The second-order valence-electron chi connectivity index (χ2n) is 2.65. The van der Waals surface area contributed by atoms with E-state index in [1.807, 2.05) is 0 Å². The van der Waals surface area contributed by atoms with Crippen LogP contribution in [0.3, 0.4) is 0 Å². The van der Waals surface area contributed by atoms with Crippen LogP contribution in [0.25, 0.3) is 0 Å². The number of nitrogens with zero attached hydrogens (tertiary/aromatic N) is 3. The summed E-state index contributed by atoms with van der Waals surface area (Å²) >= 11 is 6.62. The number of hydrogen-bond acceptors (Lipinski definition) is 4. The van der Waals surface area contributed by atoms with Crippen LogP contribution in [0.4, 0.5) is 13.9 Å². The average molecular weight is 242 g/mol. The third-order valence-electron chi connectivity index (χ3n) is 1.50. The highest BCUT2D eigenvalue weighted by atomic mass is 35.5. The van der Waals surface area contributed by atoms with Gasteiger partial charge in [-0.3, -0.25) is 0 Å². The van der Waals surface area contributed by atoms with E-state index in [-0.39, 0.29) is 6.54 Å². The molecule has 0 aromatic carbocycles. The summed E-state index contributed by atoms with van der Waals surface area (Å²) in [6.07, 6.45) is -2.39. The summed E-state index contributed by atoms with van der Waals surface area (Å²) < 4.78 is 28.3. The number of hydrogen-bond donors (Lipinski definition) is 0. The lowest BCUT2D eigenvalue weighted by Gasteiger charge is -2.18. The van der Waals surface area contributed by atoms with E-state index < -0.39 is 6.43 Å². The highest BCUT2D eigenvalue weighted by molar-refractivity contribution is 7.09. The second-order valence-corrected chi connectivity index (χ2v) is 3.76. The largest absolute Gasteiger partial charge is 0.340 e. The Morgan fingerprint density at radius 1 is 1.57 bits per heavy atom.